The smallest absolute Gasteiger partial charge is 0.305 e. The average Bonchev–Trinajstić information content (AvgIpc) is 2.73. The van der Waals surface area contributed by atoms with Crippen LogP contribution in [0.2, 0.25) is 0 Å². The summed E-state index contributed by atoms with van der Waals surface area (Å²) in [5.74, 6) is -0.196. The van der Waals surface area contributed by atoms with E-state index in [1.807, 2.05) is 0 Å². The number of rotatable bonds is 16. The van der Waals surface area contributed by atoms with Gasteiger partial charge in [-0.3, -0.25) is 9.59 Å². The van der Waals surface area contributed by atoms with Crippen molar-refractivity contribution in [3.63, 3.8) is 0 Å². The second-order valence-corrected chi connectivity index (χ2v) is 8.50. The molecule has 1 fully saturated rings. The molecule has 1 saturated heterocycles. The number of hydrogen-bond acceptors (Lipinski definition) is 6. The molecule has 1 aliphatic heterocycles. The van der Waals surface area contributed by atoms with Crippen molar-refractivity contribution in [2.75, 3.05) is 34.4 Å². The second kappa shape index (κ2) is 16.6. The van der Waals surface area contributed by atoms with E-state index < -0.39 is 0 Å². The molecule has 0 aromatic rings. The number of carbonyl (C=O) groups excluding carboxylic acids is 2. The summed E-state index contributed by atoms with van der Waals surface area (Å²) in [5.41, 5.74) is 0. The monoisotopic (exact) mass is 412 g/mol. The van der Waals surface area contributed by atoms with Gasteiger partial charge in [-0.25, -0.2) is 0 Å². The van der Waals surface area contributed by atoms with E-state index in [9.17, 15) is 9.59 Å². The third kappa shape index (κ3) is 13.7. The normalized spacial score (nSPS) is 15.6. The van der Waals surface area contributed by atoms with Gasteiger partial charge in [0.2, 0.25) is 0 Å². The van der Waals surface area contributed by atoms with Crippen molar-refractivity contribution in [2.24, 2.45) is 0 Å². The molecule has 0 aromatic heterocycles. The van der Waals surface area contributed by atoms with Gasteiger partial charge in [0.1, 0.15) is 0 Å². The highest BCUT2D eigenvalue weighted by Gasteiger charge is 2.19. The first-order valence-corrected chi connectivity index (χ1v) is 11.6. The molecule has 0 aliphatic carbocycles. The van der Waals surface area contributed by atoms with E-state index in [0.717, 1.165) is 25.7 Å². The first-order valence-electron chi connectivity index (χ1n) is 11.6. The van der Waals surface area contributed by atoms with Gasteiger partial charge in [-0.2, -0.15) is 0 Å². The van der Waals surface area contributed by atoms with Crippen LogP contribution in [0, 0.1) is 0 Å². The maximum atomic E-state index is 11.2. The van der Waals surface area contributed by atoms with Gasteiger partial charge in [0.05, 0.1) is 14.2 Å². The minimum absolute atomic E-state index is 0.0981. The number of unbranched alkanes of at least 4 members (excludes halogenated alkanes) is 6. The molecule has 1 aliphatic rings. The largest absolute Gasteiger partial charge is 0.469 e. The molecule has 170 valence electrons. The zero-order valence-corrected chi connectivity index (χ0v) is 19.0. The standard InChI is InChI=1S/C23H44N2O4/c1-25-18-16-21(17-19-25)24-20(12-8-4-6-10-14-22(26)28-2)13-9-5-7-11-15-23(27)29-3/h20-21,24H,4-19H2,1-3H3. The van der Waals surface area contributed by atoms with Crippen LogP contribution in [0.1, 0.15) is 89.9 Å². The van der Waals surface area contributed by atoms with Crippen LogP contribution in [0.4, 0.5) is 0 Å². The summed E-state index contributed by atoms with van der Waals surface area (Å²) in [4.78, 5) is 24.8. The van der Waals surface area contributed by atoms with Gasteiger partial charge in [-0.15, -0.1) is 0 Å². The van der Waals surface area contributed by atoms with Crippen molar-refractivity contribution in [3.8, 4) is 0 Å². The molecule has 0 aromatic carbocycles. The van der Waals surface area contributed by atoms with Crippen LogP contribution in [0.25, 0.3) is 0 Å². The van der Waals surface area contributed by atoms with Crippen LogP contribution in [0.5, 0.6) is 0 Å². The Morgan fingerprint density at radius 2 is 1.28 bits per heavy atom. The maximum Gasteiger partial charge on any atom is 0.305 e. The highest BCUT2D eigenvalue weighted by atomic mass is 16.5. The van der Waals surface area contributed by atoms with Gasteiger partial charge in [0.25, 0.3) is 0 Å². The minimum Gasteiger partial charge on any atom is -0.469 e. The van der Waals surface area contributed by atoms with Crippen molar-refractivity contribution in [1.29, 1.82) is 0 Å². The molecule has 1 N–H and O–H groups in total. The molecule has 6 heteroatoms. The zero-order chi connectivity index (χ0) is 21.3. The Balaban J connectivity index is 2.23. The van der Waals surface area contributed by atoms with Gasteiger partial charge in [-0.05, 0) is 58.7 Å². The van der Waals surface area contributed by atoms with Crippen LogP contribution in [-0.2, 0) is 19.1 Å². The fourth-order valence-electron chi connectivity index (χ4n) is 4.05. The second-order valence-electron chi connectivity index (χ2n) is 8.50. The van der Waals surface area contributed by atoms with E-state index in [0.29, 0.717) is 24.9 Å². The van der Waals surface area contributed by atoms with E-state index in [1.54, 1.807) is 0 Å². The average molecular weight is 413 g/mol. The number of esters is 2. The Morgan fingerprint density at radius 3 is 1.72 bits per heavy atom. The lowest BCUT2D eigenvalue weighted by Gasteiger charge is -2.33. The lowest BCUT2D eigenvalue weighted by molar-refractivity contribution is -0.141. The SMILES string of the molecule is COC(=O)CCCCCCC(CCCCCCC(=O)OC)NC1CCN(C)CC1. The van der Waals surface area contributed by atoms with Gasteiger partial charge in [-0.1, -0.05) is 38.5 Å². The summed E-state index contributed by atoms with van der Waals surface area (Å²) in [6, 6.07) is 1.24. The molecular weight excluding hydrogens is 368 g/mol. The van der Waals surface area contributed by atoms with Crippen LogP contribution in [-0.4, -0.2) is 63.3 Å². The summed E-state index contributed by atoms with van der Waals surface area (Å²) in [5, 5.41) is 3.94. The summed E-state index contributed by atoms with van der Waals surface area (Å²) in [7, 11) is 5.12. The molecular formula is C23H44N2O4. The van der Waals surface area contributed by atoms with E-state index in [2.05, 4.69) is 17.3 Å². The Labute approximate surface area is 178 Å². The van der Waals surface area contributed by atoms with Gasteiger partial charge >= 0.3 is 11.9 Å². The fourth-order valence-corrected chi connectivity index (χ4v) is 4.05. The van der Waals surface area contributed by atoms with Crippen molar-refractivity contribution in [2.45, 2.75) is 102 Å². The Kier molecular flexibility index (Phi) is 14.9. The minimum atomic E-state index is -0.0981. The van der Waals surface area contributed by atoms with Gasteiger partial charge < -0.3 is 19.7 Å². The number of hydrogen-bond donors (Lipinski definition) is 1. The molecule has 0 amide bonds. The predicted octanol–water partition coefficient (Wildman–Crippen LogP) is 4.07. The van der Waals surface area contributed by atoms with E-state index in [4.69, 9.17) is 9.47 Å². The lowest BCUT2D eigenvalue weighted by atomic mass is 9.97. The fraction of sp³-hybridized carbons (Fsp3) is 0.913. The first-order chi connectivity index (χ1) is 14.0. The molecule has 0 unspecified atom stereocenters. The molecule has 29 heavy (non-hydrogen) atoms. The third-order valence-corrected chi connectivity index (χ3v) is 6.01. The number of methoxy groups -OCH3 is 2. The summed E-state index contributed by atoms with van der Waals surface area (Å²) in [6.45, 7) is 2.37. The number of nitrogens with zero attached hydrogens (tertiary/aromatic N) is 1. The summed E-state index contributed by atoms with van der Waals surface area (Å²) >= 11 is 0. The van der Waals surface area contributed by atoms with E-state index in [1.165, 1.54) is 78.7 Å². The molecule has 0 atom stereocenters. The van der Waals surface area contributed by atoms with E-state index >= 15 is 0 Å². The quantitative estimate of drug-likeness (QED) is 0.304. The Hall–Kier alpha value is -1.14. The molecule has 0 saturated carbocycles. The highest BCUT2D eigenvalue weighted by molar-refractivity contribution is 5.69. The molecule has 1 rings (SSSR count). The summed E-state index contributed by atoms with van der Waals surface area (Å²) in [6.07, 6.45) is 14.9. The molecule has 1 heterocycles. The summed E-state index contributed by atoms with van der Waals surface area (Å²) < 4.78 is 9.40. The molecule has 0 spiro atoms. The van der Waals surface area contributed by atoms with Gasteiger partial charge in [0, 0.05) is 24.9 Å². The highest BCUT2D eigenvalue weighted by Crippen LogP contribution is 2.17. The zero-order valence-electron chi connectivity index (χ0n) is 19.0. The number of piperidine rings is 1. The van der Waals surface area contributed by atoms with E-state index in [-0.39, 0.29) is 11.9 Å². The molecule has 0 bridgehead atoms. The molecule has 0 radical (unpaired) electrons. The van der Waals surface area contributed by atoms with Crippen molar-refractivity contribution >= 4 is 11.9 Å². The van der Waals surface area contributed by atoms with Crippen molar-refractivity contribution in [1.82, 2.24) is 10.2 Å². The van der Waals surface area contributed by atoms with Gasteiger partial charge in [0.15, 0.2) is 0 Å². The van der Waals surface area contributed by atoms with Crippen LogP contribution in [0.3, 0.4) is 0 Å². The Morgan fingerprint density at radius 1 is 0.828 bits per heavy atom. The molecule has 6 nitrogen and oxygen atoms in total. The lowest BCUT2D eigenvalue weighted by Crippen LogP contribution is -2.45. The topological polar surface area (TPSA) is 67.9 Å². The maximum absolute atomic E-state index is 11.2. The number of ether oxygens (including phenoxy) is 2. The van der Waals surface area contributed by atoms with Crippen molar-refractivity contribution < 1.29 is 19.1 Å². The van der Waals surface area contributed by atoms with Crippen LogP contribution >= 0.6 is 0 Å². The van der Waals surface area contributed by atoms with Crippen molar-refractivity contribution in [3.05, 3.63) is 0 Å². The Bertz CT molecular complexity index is 409. The van der Waals surface area contributed by atoms with Crippen LogP contribution < -0.4 is 5.32 Å². The number of carbonyl (C=O) groups is 2. The third-order valence-electron chi connectivity index (χ3n) is 6.01. The number of nitrogens with one attached hydrogen (secondary N) is 1. The predicted molar refractivity (Wildman–Crippen MR) is 117 cm³/mol. The number of likely N-dealkylation sites (tertiary alicyclic amines) is 1. The first kappa shape index (κ1) is 25.9. The van der Waals surface area contributed by atoms with Crippen LogP contribution in [0.15, 0.2) is 0 Å².